The van der Waals surface area contributed by atoms with E-state index in [0.29, 0.717) is 25.0 Å². The first-order valence-electron chi connectivity index (χ1n) is 6.61. The number of aliphatic carboxylic acids is 1. The van der Waals surface area contributed by atoms with Gasteiger partial charge in [-0.25, -0.2) is 4.79 Å². The third-order valence-electron chi connectivity index (χ3n) is 3.35. The molecule has 1 aromatic carbocycles. The number of amides is 1. The predicted octanol–water partition coefficient (Wildman–Crippen LogP) is 2.07. The molecule has 1 aliphatic rings. The second-order valence-corrected chi connectivity index (χ2v) is 7.53. The second-order valence-electron chi connectivity index (χ2n) is 5.04. The molecule has 0 radical (unpaired) electrons. The fourth-order valence-corrected chi connectivity index (χ4v) is 3.26. The van der Waals surface area contributed by atoms with Crippen LogP contribution in [-0.4, -0.2) is 32.5 Å². The van der Waals surface area contributed by atoms with Crippen LogP contribution in [0.1, 0.15) is 25.7 Å². The van der Waals surface area contributed by atoms with Crippen molar-refractivity contribution in [1.29, 1.82) is 0 Å². The zero-order valence-electron chi connectivity index (χ0n) is 11.3. The molecule has 0 heterocycles. The quantitative estimate of drug-likeness (QED) is 0.766. The van der Waals surface area contributed by atoms with Gasteiger partial charge in [0.2, 0.25) is 5.91 Å². The Morgan fingerprint density at radius 2 is 1.90 bits per heavy atom. The van der Waals surface area contributed by atoms with E-state index in [1.54, 1.807) is 12.1 Å². The van der Waals surface area contributed by atoms with E-state index in [9.17, 15) is 13.8 Å². The van der Waals surface area contributed by atoms with Crippen LogP contribution in [0.15, 0.2) is 33.6 Å². The molecule has 1 aromatic rings. The highest BCUT2D eigenvalue weighted by Gasteiger charge is 2.51. The fraction of sp³-hybridized carbons (Fsp3) is 0.429. The zero-order valence-corrected chi connectivity index (χ0v) is 13.7. The molecule has 5 nitrogen and oxygen atoms in total. The first-order chi connectivity index (χ1) is 9.93. The van der Waals surface area contributed by atoms with Crippen LogP contribution >= 0.6 is 15.9 Å². The van der Waals surface area contributed by atoms with E-state index in [1.807, 2.05) is 12.1 Å². The summed E-state index contributed by atoms with van der Waals surface area (Å²) in [5.41, 5.74) is -1.04. The van der Waals surface area contributed by atoms with Gasteiger partial charge in [0.15, 0.2) is 0 Å². The number of hydrogen-bond acceptors (Lipinski definition) is 3. The van der Waals surface area contributed by atoms with Crippen molar-refractivity contribution in [2.75, 3.05) is 5.75 Å². The number of carboxylic acid groups (broad SMARTS) is 1. The molecule has 7 heteroatoms. The molecular formula is C14H16BrNO4S. The predicted molar refractivity (Wildman–Crippen MR) is 82.4 cm³/mol. The van der Waals surface area contributed by atoms with Crippen molar-refractivity contribution >= 4 is 38.6 Å². The lowest BCUT2D eigenvalue weighted by Crippen LogP contribution is -2.43. The Kier molecular flexibility index (Phi) is 5.16. The van der Waals surface area contributed by atoms with Gasteiger partial charge in [-0.05, 0) is 43.5 Å². The number of nitrogens with one attached hydrogen (secondary N) is 1. The molecule has 2 N–H and O–H groups in total. The largest absolute Gasteiger partial charge is 0.480 e. The summed E-state index contributed by atoms with van der Waals surface area (Å²) in [5.74, 6) is -0.883. The molecule has 1 fully saturated rings. The summed E-state index contributed by atoms with van der Waals surface area (Å²) in [6, 6.07) is 7.21. The van der Waals surface area contributed by atoms with Gasteiger partial charge in [0.25, 0.3) is 0 Å². The highest BCUT2D eigenvalue weighted by Crippen LogP contribution is 2.35. The van der Waals surface area contributed by atoms with Crippen LogP contribution in [0.2, 0.25) is 0 Å². The lowest BCUT2D eigenvalue weighted by atomic mass is 10.2. The normalized spacial score (nSPS) is 17.0. The van der Waals surface area contributed by atoms with Gasteiger partial charge in [0.05, 0.1) is 10.8 Å². The molecule has 1 amide bonds. The van der Waals surface area contributed by atoms with Gasteiger partial charge in [-0.2, -0.15) is 0 Å². The Balaban J connectivity index is 1.74. The molecule has 114 valence electrons. The molecular weight excluding hydrogens is 358 g/mol. The smallest absolute Gasteiger partial charge is 0.329 e. The number of rotatable bonds is 7. The standard InChI is InChI=1S/C14H16BrNO4S/c15-10-3-5-11(6-4-10)21(20)9-1-2-12(17)16-14(7-8-14)13(18)19/h3-6H,1-2,7-9H2,(H,16,17)(H,18,19). The maximum Gasteiger partial charge on any atom is 0.329 e. The summed E-state index contributed by atoms with van der Waals surface area (Å²) < 4.78 is 12.9. The molecule has 0 spiro atoms. The molecule has 1 unspecified atom stereocenters. The molecule has 0 aliphatic heterocycles. The van der Waals surface area contributed by atoms with Gasteiger partial charge in [0, 0.05) is 21.5 Å². The Morgan fingerprint density at radius 1 is 1.29 bits per heavy atom. The minimum atomic E-state index is -1.14. The molecule has 1 saturated carbocycles. The average molecular weight is 374 g/mol. The maximum absolute atomic E-state index is 12.0. The monoisotopic (exact) mass is 373 g/mol. The van der Waals surface area contributed by atoms with Gasteiger partial charge < -0.3 is 10.4 Å². The minimum absolute atomic E-state index is 0.192. The van der Waals surface area contributed by atoms with Crippen molar-refractivity contribution < 1.29 is 18.9 Å². The average Bonchev–Trinajstić information content (AvgIpc) is 3.20. The van der Waals surface area contributed by atoms with Crippen molar-refractivity contribution in [1.82, 2.24) is 5.32 Å². The van der Waals surface area contributed by atoms with E-state index in [4.69, 9.17) is 5.11 Å². The third-order valence-corrected chi connectivity index (χ3v) is 5.33. The summed E-state index contributed by atoms with van der Waals surface area (Å²) in [7, 11) is -1.14. The van der Waals surface area contributed by atoms with E-state index in [-0.39, 0.29) is 12.3 Å². The summed E-state index contributed by atoms with van der Waals surface area (Å²) >= 11 is 3.31. The molecule has 0 aromatic heterocycles. The molecule has 0 bridgehead atoms. The fourth-order valence-electron chi connectivity index (χ4n) is 1.91. The van der Waals surface area contributed by atoms with Gasteiger partial charge in [-0.3, -0.25) is 9.00 Å². The van der Waals surface area contributed by atoms with Crippen LogP contribution in [0.4, 0.5) is 0 Å². The minimum Gasteiger partial charge on any atom is -0.480 e. The highest BCUT2D eigenvalue weighted by atomic mass is 79.9. The van der Waals surface area contributed by atoms with Crippen LogP contribution < -0.4 is 5.32 Å². The van der Waals surface area contributed by atoms with E-state index >= 15 is 0 Å². The molecule has 21 heavy (non-hydrogen) atoms. The number of benzene rings is 1. The van der Waals surface area contributed by atoms with Crippen LogP contribution in [0, 0.1) is 0 Å². The molecule has 1 atom stereocenters. The number of carboxylic acids is 1. The van der Waals surface area contributed by atoms with E-state index in [1.165, 1.54) is 0 Å². The first-order valence-corrected chi connectivity index (χ1v) is 8.72. The van der Waals surface area contributed by atoms with Crippen molar-refractivity contribution in [2.45, 2.75) is 36.1 Å². The Morgan fingerprint density at radius 3 is 2.43 bits per heavy atom. The van der Waals surface area contributed by atoms with Crippen molar-refractivity contribution in [3.05, 3.63) is 28.7 Å². The van der Waals surface area contributed by atoms with Crippen molar-refractivity contribution in [3.63, 3.8) is 0 Å². The zero-order chi connectivity index (χ0) is 15.5. The Labute approximate surface area is 133 Å². The van der Waals surface area contributed by atoms with Crippen LogP contribution in [0.5, 0.6) is 0 Å². The maximum atomic E-state index is 12.0. The van der Waals surface area contributed by atoms with Crippen LogP contribution in [0.25, 0.3) is 0 Å². The highest BCUT2D eigenvalue weighted by molar-refractivity contribution is 9.10. The van der Waals surface area contributed by atoms with Crippen molar-refractivity contribution in [2.24, 2.45) is 0 Å². The second kappa shape index (κ2) is 6.70. The van der Waals surface area contributed by atoms with Gasteiger partial charge in [0.1, 0.15) is 5.54 Å². The summed E-state index contributed by atoms with van der Waals surface area (Å²) in [6.45, 7) is 0. The molecule has 0 saturated heterocycles. The Hall–Kier alpha value is -1.21. The van der Waals surface area contributed by atoms with Crippen molar-refractivity contribution in [3.8, 4) is 0 Å². The lowest BCUT2D eigenvalue weighted by Gasteiger charge is -2.12. The van der Waals surface area contributed by atoms with E-state index < -0.39 is 22.3 Å². The van der Waals surface area contributed by atoms with Gasteiger partial charge >= 0.3 is 5.97 Å². The van der Waals surface area contributed by atoms with Crippen LogP contribution in [0.3, 0.4) is 0 Å². The molecule has 1 aliphatic carbocycles. The first kappa shape index (κ1) is 16.2. The van der Waals surface area contributed by atoms with Gasteiger partial charge in [-0.15, -0.1) is 0 Å². The summed E-state index contributed by atoms with van der Waals surface area (Å²) in [6.07, 6.45) is 1.62. The lowest BCUT2D eigenvalue weighted by molar-refractivity contribution is -0.143. The summed E-state index contributed by atoms with van der Waals surface area (Å²) in [5, 5.41) is 11.5. The third kappa shape index (κ3) is 4.38. The number of carbonyl (C=O) groups excluding carboxylic acids is 1. The van der Waals surface area contributed by atoms with Crippen LogP contribution in [-0.2, 0) is 20.4 Å². The molecule has 2 rings (SSSR count). The van der Waals surface area contributed by atoms with Gasteiger partial charge in [-0.1, -0.05) is 15.9 Å². The topological polar surface area (TPSA) is 83.5 Å². The number of hydrogen-bond donors (Lipinski definition) is 2. The Bertz CT molecular complexity index is 569. The number of carbonyl (C=O) groups is 2. The SMILES string of the molecule is O=C(CCCS(=O)c1ccc(Br)cc1)NC1(C(=O)O)CC1. The van der Waals surface area contributed by atoms with E-state index in [2.05, 4.69) is 21.2 Å². The summed E-state index contributed by atoms with van der Waals surface area (Å²) in [4.78, 5) is 23.4. The van der Waals surface area contributed by atoms with E-state index in [0.717, 1.165) is 9.37 Å². The number of halogens is 1.